The number of fused-ring (bicyclic) bond motifs is 1. The molecule has 1 heterocycles. The highest BCUT2D eigenvalue weighted by atomic mass is 32.2. The van der Waals surface area contributed by atoms with Gasteiger partial charge in [-0.25, -0.2) is 4.68 Å². The highest BCUT2D eigenvalue weighted by molar-refractivity contribution is 7.98. The Morgan fingerprint density at radius 3 is 2.75 bits per heavy atom. The molecule has 2 rings (SSSR count). The summed E-state index contributed by atoms with van der Waals surface area (Å²) in [6, 6.07) is 6.03. The topological polar surface area (TPSA) is 46.9 Å². The highest BCUT2D eigenvalue weighted by Gasteiger charge is 2.17. The lowest BCUT2D eigenvalue weighted by atomic mass is 10.00. The molecule has 4 nitrogen and oxygen atoms in total. The van der Waals surface area contributed by atoms with E-state index in [0.29, 0.717) is 0 Å². The van der Waals surface area contributed by atoms with E-state index in [-0.39, 0.29) is 11.8 Å². The summed E-state index contributed by atoms with van der Waals surface area (Å²) in [6.45, 7) is 8.22. The Kier molecular flexibility index (Phi) is 6.49. The third-order valence-electron chi connectivity index (χ3n) is 4.36. The lowest BCUT2D eigenvalue weighted by molar-refractivity contribution is -0.120. The van der Waals surface area contributed by atoms with Gasteiger partial charge in [-0.1, -0.05) is 26.3 Å². The lowest BCUT2D eigenvalue weighted by Crippen LogP contribution is -2.22. The minimum atomic E-state index is 0.0784. The van der Waals surface area contributed by atoms with Gasteiger partial charge < -0.3 is 5.32 Å². The quantitative estimate of drug-likeness (QED) is 0.683. The molecule has 0 fully saturated rings. The summed E-state index contributed by atoms with van der Waals surface area (Å²) in [6.07, 6.45) is 6.89. The average molecular weight is 346 g/mol. The number of carbonyl (C=O) groups is 1. The van der Waals surface area contributed by atoms with Crippen LogP contribution in [0.15, 0.2) is 29.3 Å². The zero-order chi connectivity index (χ0) is 17.7. The van der Waals surface area contributed by atoms with E-state index in [0.717, 1.165) is 46.6 Å². The van der Waals surface area contributed by atoms with Gasteiger partial charge in [0.05, 0.1) is 5.52 Å². The molecule has 2 aromatic rings. The summed E-state index contributed by atoms with van der Waals surface area (Å²) in [4.78, 5) is 12.5. The Bertz CT molecular complexity index is 748. The monoisotopic (exact) mass is 345 g/mol. The smallest absolute Gasteiger partial charge is 0.227 e. The fraction of sp³-hybridized carbons (Fsp3) is 0.474. The number of thioether (sulfide) groups is 1. The van der Waals surface area contributed by atoms with Gasteiger partial charge >= 0.3 is 0 Å². The fourth-order valence-corrected chi connectivity index (χ4v) is 3.38. The van der Waals surface area contributed by atoms with Crippen LogP contribution in [0.1, 0.15) is 47.0 Å². The molecule has 1 N–H and O–H groups in total. The van der Waals surface area contributed by atoms with Crippen LogP contribution in [-0.2, 0) is 4.79 Å². The van der Waals surface area contributed by atoms with E-state index in [1.807, 2.05) is 49.1 Å². The van der Waals surface area contributed by atoms with Crippen molar-refractivity contribution in [1.29, 1.82) is 0 Å². The van der Waals surface area contributed by atoms with E-state index in [1.54, 1.807) is 11.8 Å². The van der Waals surface area contributed by atoms with Crippen molar-refractivity contribution in [1.82, 2.24) is 9.78 Å². The summed E-state index contributed by atoms with van der Waals surface area (Å²) < 4.78 is 1.94. The molecule has 0 spiro atoms. The summed E-state index contributed by atoms with van der Waals surface area (Å²) in [7, 11) is 0. The first-order valence-electron chi connectivity index (χ1n) is 8.56. The standard InChI is InChI=1S/C19H27N3OS/c1-6-9-14(8-3)18(23)20-15-10-11-16-17(12-15)22(13(4)7-2)21-19(16)24-5/h7,10-12,14H,6,8-9H2,1-5H3,(H,20,23). The van der Waals surface area contributed by atoms with Crippen molar-refractivity contribution in [2.45, 2.75) is 52.0 Å². The van der Waals surface area contributed by atoms with E-state index >= 15 is 0 Å². The molecule has 1 amide bonds. The van der Waals surface area contributed by atoms with Crippen molar-refractivity contribution in [3.05, 3.63) is 24.3 Å². The molecule has 1 atom stereocenters. The number of rotatable bonds is 7. The molecular formula is C19H27N3OS. The number of hydrogen-bond acceptors (Lipinski definition) is 3. The Morgan fingerprint density at radius 1 is 1.42 bits per heavy atom. The van der Waals surface area contributed by atoms with Crippen molar-refractivity contribution < 1.29 is 4.79 Å². The maximum absolute atomic E-state index is 12.5. The minimum absolute atomic E-state index is 0.0784. The molecule has 0 aliphatic rings. The molecule has 130 valence electrons. The van der Waals surface area contributed by atoms with E-state index < -0.39 is 0 Å². The molecule has 0 aliphatic carbocycles. The number of nitrogens with zero attached hydrogens (tertiary/aromatic N) is 2. The molecule has 0 bridgehead atoms. The molecule has 0 radical (unpaired) electrons. The number of hydrogen-bond donors (Lipinski definition) is 1. The Balaban J connectivity index is 2.38. The predicted octanol–water partition coefficient (Wildman–Crippen LogP) is 5.40. The van der Waals surface area contributed by atoms with Gasteiger partial charge in [-0.2, -0.15) is 5.10 Å². The van der Waals surface area contributed by atoms with Crippen LogP contribution in [0.25, 0.3) is 16.6 Å². The van der Waals surface area contributed by atoms with Crippen LogP contribution in [-0.4, -0.2) is 21.9 Å². The summed E-state index contributed by atoms with van der Waals surface area (Å²) in [5.74, 6) is 0.187. The molecule has 1 aromatic heterocycles. The van der Waals surface area contributed by atoms with Crippen LogP contribution in [0.4, 0.5) is 5.69 Å². The number of nitrogens with one attached hydrogen (secondary N) is 1. The number of carbonyl (C=O) groups excluding carboxylic acids is 1. The first-order chi connectivity index (χ1) is 11.5. The Hall–Kier alpha value is -1.75. The lowest BCUT2D eigenvalue weighted by Gasteiger charge is -2.14. The summed E-state index contributed by atoms with van der Waals surface area (Å²) in [5.41, 5.74) is 2.93. The largest absolute Gasteiger partial charge is 0.326 e. The molecular weight excluding hydrogens is 318 g/mol. The van der Waals surface area contributed by atoms with Gasteiger partial charge in [0.1, 0.15) is 5.03 Å². The Morgan fingerprint density at radius 2 is 2.17 bits per heavy atom. The second-order valence-electron chi connectivity index (χ2n) is 5.97. The average Bonchev–Trinajstić information content (AvgIpc) is 2.96. The number of amides is 1. The second kappa shape index (κ2) is 8.38. The number of benzene rings is 1. The molecule has 0 saturated carbocycles. The van der Waals surface area contributed by atoms with E-state index in [4.69, 9.17) is 0 Å². The minimum Gasteiger partial charge on any atom is -0.326 e. The van der Waals surface area contributed by atoms with Crippen LogP contribution >= 0.6 is 11.8 Å². The van der Waals surface area contributed by atoms with Gasteiger partial charge in [-0.15, -0.1) is 11.8 Å². The highest BCUT2D eigenvalue weighted by Crippen LogP contribution is 2.30. The van der Waals surface area contributed by atoms with Crippen molar-refractivity contribution in [2.75, 3.05) is 11.6 Å². The maximum Gasteiger partial charge on any atom is 0.227 e. The van der Waals surface area contributed by atoms with Crippen molar-refractivity contribution in [3.8, 4) is 0 Å². The SMILES string of the molecule is CC=C(C)n1nc(SC)c2ccc(NC(=O)C(CC)CCC)cc21. The molecule has 5 heteroatoms. The predicted molar refractivity (Wildman–Crippen MR) is 104 cm³/mol. The third kappa shape index (κ3) is 3.83. The van der Waals surface area contributed by atoms with Crippen LogP contribution in [0.5, 0.6) is 0 Å². The van der Waals surface area contributed by atoms with Gasteiger partial charge in [0, 0.05) is 22.7 Å². The van der Waals surface area contributed by atoms with Crippen molar-refractivity contribution >= 4 is 40.0 Å². The second-order valence-corrected chi connectivity index (χ2v) is 6.76. The van der Waals surface area contributed by atoms with E-state index in [9.17, 15) is 4.79 Å². The van der Waals surface area contributed by atoms with E-state index in [2.05, 4.69) is 24.3 Å². The molecule has 24 heavy (non-hydrogen) atoms. The third-order valence-corrected chi connectivity index (χ3v) is 5.05. The van der Waals surface area contributed by atoms with Gasteiger partial charge in [-0.05, 0) is 51.1 Å². The zero-order valence-electron chi connectivity index (χ0n) is 15.2. The first-order valence-corrected chi connectivity index (χ1v) is 9.79. The fourth-order valence-electron chi connectivity index (χ4n) is 2.82. The Labute approximate surface area is 148 Å². The summed E-state index contributed by atoms with van der Waals surface area (Å²) >= 11 is 1.64. The van der Waals surface area contributed by atoms with Gasteiger partial charge in [0.25, 0.3) is 0 Å². The maximum atomic E-state index is 12.5. The normalized spacial score (nSPS) is 13.3. The van der Waals surface area contributed by atoms with Crippen molar-refractivity contribution in [3.63, 3.8) is 0 Å². The van der Waals surface area contributed by atoms with Gasteiger partial charge in [0.2, 0.25) is 5.91 Å². The molecule has 0 aliphatic heterocycles. The zero-order valence-corrected chi connectivity index (χ0v) is 16.0. The number of aromatic nitrogens is 2. The van der Waals surface area contributed by atoms with Crippen LogP contribution in [0.2, 0.25) is 0 Å². The van der Waals surface area contributed by atoms with E-state index in [1.165, 1.54) is 0 Å². The first kappa shape index (κ1) is 18.6. The number of allylic oxidation sites excluding steroid dienone is 2. The van der Waals surface area contributed by atoms with Crippen molar-refractivity contribution in [2.24, 2.45) is 5.92 Å². The van der Waals surface area contributed by atoms with Gasteiger partial charge in [-0.3, -0.25) is 4.79 Å². The molecule has 1 unspecified atom stereocenters. The van der Waals surface area contributed by atoms with Gasteiger partial charge in [0.15, 0.2) is 0 Å². The number of anilines is 1. The molecule has 0 saturated heterocycles. The molecule has 1 aromatic carbocycles. The van der Waals surface area contributed by atoms with Crippen LogP contribution < -0.4 is 5.32 Å². The summed E-state index contributed by atoms with van der Waals surface area (Å²) in [5, 5.41) is 9.87. The van der Waals surface area contributed by atoms with Crippen LogP contribution in [0, 0.1) is 5.92 Å². The van der Waals surface area contributed by atoms with Crippen LogP contribution in [0.3, 0.4) is 0 Å².